The van der Waals surface area contributed by atoms with Gasteiger partial charge in [0.25, 0.3) is 0 Å². The summed E-state index contributed by atoms with van der Waals surface area (Å²) < 4.78 is 22.8. The van der Waals surface area contributed by atoms with Crippen molar-refractivity contribution in [3.8, 4) is 0 Å². The van der Waals surface area contributed by atoms with Gasteiger partial charge in [-0.1, -0.05) is 32.6 Å². The van der Waals surface area contributed by atoms with Crippen molar-refractivity contribution < 1.29 is 35.7 Å². The first-order valence-corrected chi connectivity index (χ1v) is 7.73. The molecule has 0 aliphatic carbocycles. The summed E-state index contributed by atoms with van der Waals surface area (Å²) in [6, 6.07) is 0. The van der Waals surface area contributed by atoms with Crippen LogP contribution in [0.5, 0.6) is 0 Å². The molecular weight excluding hydrogens is 292 g/mol. The van der Waals surface area contributed by atoms with Crippen LogP contribution in [0.25, 0.3) is 0 Å². The van der Waals surface area contributed by atoms with E-state index in [0.29, 0.717) is 6.42 Å². The third kappa shape index (κ3) is 5.81. The molecule has 130 valence electrons. The first-order valence-electron chi connectivity index (χ1n) is 8.31. The minimum atomic E-state index is -1.46. The second kappa shape index (κ2) is 10.1. The molecule has 0 aromatic rings. The molecule has 1 rings (SSSR count). The fourth-order valence-corrected chi connectivity index (χ4v) is 2.26. The lowest BCUT2D eigenvalue weighted by atomic mass is 9.99. The molecule has 22 heavy (non-hydrogen) atoms. The number of esters is 1. The summed E-state index contributed by atoms with van der Waals surface area (Å²) in [4.78, 5) is 11.8. The van der Waals surface area contributed by atoms with Gasteiger partial charge in [0.05, 0.1) is 0 Å². The van der Waals surface area contributed by atoms with Crippen LogP contribution in [0.15, 0.2) is 0 Å². The van der Waals surface area contributed by atoms with E-state index in [-0.39, 0.29) is 6.61 Å². The number of rotatable bonds is 9. The van der Waals surface area contributed by atoms with Gasteiger partial charge in [0.15, 0.2) is 6.29 Å². The quantitative estimate of drug-likeness (QED) is 0.415. The Balaban J connectivity index is 2.39. The molecule has 0 amide bonds. The van der Waals surface area contributed by atoms with Crippen molar-refractivity contribution in [3.63, 3.8) is 0 Å². The van der Waals surface area contributed by atoms with E-state index in [0.717, 1.165) is 25.7 Å². The zero-order valence-corrected chi connectivity index (χ0v) is 13.2. The number of hydrogen-bond donors (Lipinski definition) is 3. The van der Waals surface area contributed by atoms with Gasteiger partial charge in [0.1, 0.15) is 31.0 Å². The second-order valence-corrected chi connectivity index (χ2v) is 5.43. The van der Waals surface area contributed by atoms with Crippen LogP contribution in [0, 0.1) is 0 Å². The molecule has 1 aliphatic heterocycles. The maximum absolute atomic E-state index is 11.8. The minimum Gasteiger partial charge on any atom is -0.463 e. The Morgan fingerprint density at radius 3 is 2.45 bits per heavy atom. The van der Waals surface area contributed by atoms with Crippen molar-refractivity contribution in [3.05, 3.63) is 0 Å². The molecule has 6 atom stereocenters. The largest absolute Gasteiger partial charge is 0.463 e. The van der Waals surface area contributed by atoms with Gasteiger partial charge in [-0.2, -0.15) is 0 Å². The maximum atomic E-state index is 11.8. The van der Waals surface area contributed by atoms with Crippen LogP contribution in [-0.2, 0) is 19.0 Å². The highest BCUT2D eigenvalue weighted by Crippen LogP contribution is 2.22. The molecule has 0 saturated carbocycles. The highest BCUT2D eigenvalue weighted by atomic mass is 16.7. The number of ether oxygens (including phenoxy) is 3. The average molecular weight is 321 g/mol. The Morgan fingerprint density at radius 1 is 1.14 bits per heavy atom. The fourth-order valence-electron chi connectivity index (χ4n) is 2.26. The first-order chi connectivity index (χ1) is 10.9. The van der Waals surface area contributed by atoms with E-state index in [9.17, 15) is 20.1 Å². The van der Waals surface area contributed by atoms with Crippen molar-refractivity contribution in [1.29, 1.82) is 0 Å². The predicted molar refractivity (Wildman–Crippen MR) is 78.0 cm³/mol. The summed E-state index contributed by atoms with van der Waals surface area (Å²) >= 11 is 0. The van der Waals surface area contributed by atoms with Crippen LogP contribution >= 0.6 is 0 Å². The summed E-state index contributed by atoms with van der Waals surface area (Å²) in [5.74, 6) is -0.688. The smallest absolute Gasteiger partial charge is 0.305 e. The topological polar surface area (TPSA) is 105 Å². The van der Waals surface area contributed by atoms with Gasteiger partial charge < -0.3 is 29.5 Å². The van der Waals surface area contributed by atoms with Gasteiger partial charge in [0, 0.05) is 14.9 Å². The van der Waals surface area contributed by atoms with Gasteiger partial charge in [-0.3, -0.25) is 4.79 Å². The van der Waals surface area contributed by atoms with E-state index < -0.39 is 43.1 Å². The number of aliphatic hydroxyl groups excluding tert-OH is 3. The van der Waals surface area contributed by atoms with E-state index in [1.807, 2.05) is 0 Å². The molecule has 0 aromatic heterocycles. The SMILES string of the molecule is [2H]C(CCCCCC)C(=O)OC[C@H]1OC(OC)[C@H](O)[C@@H](O)[C@@H]1O. The molecule has 1 aliphatic rings. The van der Waals surface area contributed by atoms with E-state index >= 15 is 0 Å². The molecular formula is C15H28O7. The van der Waals surface area contributed by atoms with Crippen LogP contribution in [0.4, 0.5) is 0 Å². The molecule has 1 fully saturated rings. The Labute approximate surface area is 132 Å². The van der Waals surface area contributed by atoms with Crippen molar-refractivity contribution in [2.75, 3.05) is 13.7 Å². The Morgan fingerprint density at radius 2 is 1.82 bits per heavy atom. The van der Waals surface area contributed by atoms with Crippen LogP contribution in [0.1, 0.15) is 46.8 Å². The van der Waals surface area contributed by atoms with E-state index in [2.05, 4.69) is 6.92 Å². The van der Waals surface area contributed by atoms with E-state index in [4.69, 9.17) is 15.6 Å². The van der Waals surface area contributed by atoms with Crippen LogP contribution in [0.2, 0.25) is 0 Å². The van der Waals surface area contributed by atoms with Crippen LogP contribution < -0.4 is 0 Å². The highest BCUT2D eigenvalue weighted by Gasteiger charge is 2.44. The van der Waals surface area contributed by atoms with Gasteiger partial charge in [-0.15, -0.1) is 0 Å². The normalized spacial score (nSPS) is 34.0. The number of aliphatic hydroxyl groups is 3. The number of carbonyl (C=O) groups is 1. The number of hydrogen-bond acceptors (Lipinski definition) is 7. The van der Waals surface area contributed by atoms with Crippen molar-refractivity contribution in [2.45, 2.75) is 76.1 Å². The lowest BCUT2D eigenvalue weighted by Crippen LogP contribution is -2.59. The van der Waals surface area contributed by atoms with Gasteiger partial charge in [-0.05, 0) is 6.42 Å². The Bertz CT molecular complexity index is 353. The summed E-state index contributed by atoms with van der Waals surface area (Å²) in [6.45, 7) is 1.77. The lowest BCUT2D eigenvalue weighted by molar-refractivity contribution is -0.295. The van der Waals surface area contributed by atoms with Crippen molar-refractivity contribution in [2.24, 2.45) is 0 Å². The lowest BCUT2D eigenvalue weighted by Gasteiger charge is -2.39. The number of unbranched alkanes of at least 4 members (excludes halogenated alkanes) is 3. The third-order valence-electron chi connectivity index (χ3n) is 3.66. The Kier molecular flexibility index (Phi) is 8.11. The summed E-state index contributed by atoms with van der Waals surface area (Å²) in [5.41, 5.74) is 0. The second-order valence-electron chi connectivity index (χ2n) is 5.43. The summed E-state index contributed by atoms with van der Waals surface area (Å²) in [6.07, 6.45) is -3.01. The first kappa shape index (κ1) is 17.6. The fraction of sp³-hybridized carbons (Fsp3) is 0.933. The maximum Gasteiger partial charge on any atom is 0.305 e. The highest BCUT2D eigenvalue weighted by molar-refractivity contribution is 5.69. The zero-order valence-electron chi connectivity index (χ0n) is 14.2. The zero-order chi connectivity index (χ0) is 17.4. The molecule has 0 radical (unpaired) electrons. The van der Waals surface area contributed by atoms with Crippen LogP contribution in [0.3, 0.4) is 0 Å². The molecule has 3 N–H and O–H groups in total. The number of carbonyl (C=O) groups excluding carboxylic acids is 1. The molecule has 0 bridgehead atoms. The molecule has 0 aromatic carbocycles. The van der Waals surface area contributed by atoms with Gasteiger partial charge in [0.2, 0.25) is 0 Å². The Hall–Kier alpha value is -0.730. The van der Waals surface area contributed by atoms with E-state index in [1.165, 1.54) is 7.11 Å². The summed E-state index contributed by atoms with van der Waals surface area (Å²) in [5, 5.41) is 29.2. The molecule has 7 nitrogen and oxygen atoms in total. The molecule has 1 heterocycles. The van der Waals surface area contributed by atoms with Crippen LogP contribution in [-0.4, -0.2) is 65.7 Å². The van der Waals surface area contributed by atoms with Crippen molar-refractivity contribution in [1.82, 2.24) is 0 Å². The molecule has 0 spiro atoms. The monoisotopic (exact) mass is 321 g/mol. The van der Waals surface area contributed by atoms with Gasteiger partial charge in [-0.25, -0.2) is 0 Å². The predicted octanol–water partition coefficient (Wildman–Crippen LogP) is 0.344. The molecule has 7 heteroatoms. The van der Waals surface area contributed by atoms with Gasteiger partial charge >= 0.3 is 5.97 Å². The number of methoxy groups -OCH3 is 1. The van der Waals surface area contributed by atoms with Crippen molar-refractivity contribution >= 4 is 5.97 Å². The third-order valence-corrected chi connectivity index (χ3v) is 3.66. The average Bonchev–Trinajstić information content (AvgIpc) is 2.55. The summed E-state index contributed by atoms with van der Waals surface area (Å²) in [7, 11) is 1.29. The molecule has 1 saturated heterocycles. The molecule has 2 unspecified atom stereocenters. The van der Waals surface area contributed by atoms with E-state index in [1.54, 1.807) is 0 Å². The minimum absolute atomic E-state index is 0.312. The standard InChI is InChI=1S/C15H28O7/c1-3-4-5-6-7-8-11(16)21-9-10-12(17)13(18)14(19)15(20-2)22-10/h10,12-15,17-19H,3-9H2,1-2H3/t10-,12-,13+,14-,15?/m1/s1/i8D/t8?,10-,12-,13+,14-,15?.